The van der Waals surface area contributed by atoms with E-state index >= 15 is 0 Å². The molecule has 0 bridgehead atoms. The zero-order chi connectivity index (χ0) is 17.4. The molecule has 1 fully saturated rings. The van der Waals surface area contributed by atoms with Crippen LogP contribution in [0.15, 0.2) is 30.3 Å². The van der Waals surface area contributed by atoms with E-state index in [0.717, 1.165) is 9.40 Å². The van der Waals surface area contributed by atoms with Gasteiger partial charge in [-0.3, -0.25) is 9.59 Å². The van der Waals surface area contributed by atoms with Gasteiger partial charge in [0.05, 0.1) is 15.0 Å². The first-order chi connectivity index (χ1) is 12.1. The van der Waals surface area contributed by atoms with Crippen LogP contribution in [-0.4, -0.2) is 31.6 Å². The van der Waals surface area contributed by atoms with E-state index in [0.29, 0.717) is 30.9 Å². The number of ether oxygens (including phenoxy) is 1. The zero-order valence-electron chi connectivity index (χ0n) is 13.5. The van der Waals surface area contributed by atoms with Gasteiger partial charge in [-0.15, -0.1) is 22.7 Å². The molecule has 130 valence electrons. The molecule has 1 aliphatic heterocycles. The highest BCUT2D eigenvalue weighted by Crippen LogP contribution is 2.39. The smallest absolute Gasteiger partial charge is 0.261 e. The molecule has 0 unspecified atom stereocenters. The largest absolute Gasteiger partial charge is 0.381 e. The van der Waals surface area contributed by atoms with Crippen molar-refractivity contribution < 1.29 is 14.3 Å². The molecular weight excluding hydrogens is 356 g/mol. The summed E-state index contributed by atoms with van der Waals surface area (Å²) in [5.74, 6) is -0.515. The molecule has 0 spiro atoms. The van der Waals surface area contributed by atoms with Gasteiger partial charge in [0.25, 0.3) is 5.91 Å². The van der Waals surface area contributed by atoms with Gasteiger partial charge in [0.2, 0.25) is 5.91 Å². The van der Waals surface area contributed by atoms with Gasteiger partial charge in [-0.2, -0.15) is 0 Å². The zero-order valence-corrected chi connectivity index (χ0v) is 15.2. The highest BCUT2D eigenvalue weighted by atomic mass is 32.1. The molecule has 0 atom stereocenters. The summed E-state index contributed by atoms with van der Waals surface area (Å²) < 4.78 is 8.80. The van der Waals surface area contributed by atoms with Crippen LogP contribution in [0.3, 0.4) is 0 Å². The Balaban J connectivity index is 1.54. The minimum absolute atomic E-state index is 0.149. The number of rotatable bonds is 4. The number of carbonyl (C=O) groups excluding carboxylic acids is 2. The van der Waals surface area contributed by atoms with E-state index in [1.807, 2.05) is 18.2 Å². The topological polar surface area (TPSA) is 81.4 Å². The summed E-state index contributed by atoms with van der Waals surface area (Å²) in [6, 6.07) is 10.1. The molecule has 3 heterocycles. The summed E-state index contributed by atoms with van der Waals surface area (Å²) in [5, 5.41) is 4.09. The summed E-state index contributed by atoms with van der Waals surface area (Å²) in [7, 11) is 0. The summed E-state index contributed by atoms with van der Waals surface area (Å²) in [5.41, 5.74) is 4.89. The Morgan fingerprint density at radius 3 is 2.68 bits per heavy atom. The summed E-state index contributed by atoms with van der Waals surface area (Å²) in [6.45, 7) is 1.26. The molecular formula is C18H18N2O3S2. The lowest BCUT2D eigenvalue weighted by Crippen LogP contribution is -2.49. The molecule has 2 amide bonds. The van der Waals surface area contributed by atoms with Crippen LogP contribution < -0.4 is 11.1 Å². The second-order valence-electron chi connectivity index (χ2n) is 6.34. The molecule has 7 heteroatoms. The number of nitrogens with two attached hydrogens (primary N) is 1. The van der Waals surface area contributed by atoms with E-state index < -0.39 is 5.41 Å². The summed E-state index contributed by atoms with van der Waals surface area (Å²) in [4.78, 5) is 25.1. The van der Waals surface area contributed by atoms with Crippen molar-refractivity contribution in [2.24, 2.45) is 11.1 Å². The number of fused-ring (bicyclic) bond motifs is 3. The lowest BCUT2D eigenvalue weighted by atomic mass is 9.79. The maximum atomic E-state index is 12.6. The number of thiophene rings is 2. The van der Waals surface area contributed by atoms with Crippen molar-refractivity contribution in [3.8, 4) is 0 Å². The summed E-state index contributed by atoms with van der Waals surface area (Å²) in [6.07, 6.45) is 1.10. The number of carbonyl (C=O) groups is 2. The van der Waals surface area contributed by atoms with Crippen molar-refractivity contribution in [2.75, 3.05) is 19.8 Å². The van der Waals surface area contributed by atoms with Crippen molar-refractivity contribution in [3.63, 3.8) is 0 Å². The van der Waals surface area contributed by atoms with Gasteiger partial charge >= 0.3 is 0 Å². The van der Waals surface area contributed by atoms with Gasteiger partial charge < -0.3 is 15.8 Å². The molecule has 0 radical (unpaired) electrons. The number of benzene rings is 1. The Morgan fingerprint density at radius 2 is 1.92 bits per heavy atom. The maximum absolute atomic E-state index is 12.6. The molecule has 5 nitrogen and oxygen atoms in total. The minimum Gasteiger partial charge on any atom is -0.381 e. The third-order valence-electron chi connectivity index (χ3n) is 4.83. The van der Waals surface area contributed by atoms with E-state index in [9.17, 15) is 9.59 Å². The van der Waals surface area contributed by atoms with E-state index in [1.165, 1.54) is 21.4 Å². The molecule has 0 saturated carbocycles. The molecule has 0 aliphatic carbocycles. The Labute approximate surface area is 152 Å². The third-order valence-corrected chi connectivity index (χ3v) is 7.25. The molecule has 1 aliphatic rings. The molecule has 25 heavy (non-hydrogen) atoms. The highest BCUT2D eigenvalue weighted by Gasteiger charge is 2.38. The van der Waals surface area contributed by atoms with Gasteiger partial charge in [-0.25, -0.2) is 0 Å². The van der Waals surface area contributed by atoms with Gasteiger partial charge in [0, 0.05) is 34.5 Å². The lowest BCUT2D eigenvalue weighted by molar-refractivity contribution is -0.132. The molecule has 3 N–H and O–H groups in total. The van der Waals surface area contributed by atoms with Crippen molar-refractivity contribution in [1.29, 1.82) is 0 Å². The van der Waals surface area contributed by atoms with E-state index in [2.05, 4.69) is 17.4 Å². The van der Waals surface area contributed by atoms with Crippen LogP contribution in [0.1, 0.15) is 22.5 Å². The Hall–Kier alpha value is -1.96. The number of primary amides is 1. The fourth-order valence-corrected chi connectivity index (χ4v) is 5.66. The van der Waals surface area contributed by atoms with E-state index in [-0.39, 0.29) is 18.4 Å². The van der Waals surface area contributed by atoms with Crippen molar-refractivity contribution in [3.05, 3.63) is 35.2 Å². The van der Waals surface area contributed by atoms with Crippen molar-refractivity contribution >= 4 is 54.0 Å². The molecule has 1 saturated heterocycles. The van der Waals surface area contributed by atoms with Crippen LogP contribution in [-0.2, 0) is 9.53 Å². The second-order valence-corrected chi connectivity index (χ2v) is 8.48. The normalized spacial score (nSPS) is 17.0. The number of hydrogen-bond donors (Lipinski definition) is 2. The van der Waals surface area contributed by atoms with Gasteiger partial charge in [-0.05, 0) is 25.0 Å². The van der Waals surface area contributed by atoms with Gasteiger partial charge in [-0.1, -0.05) is 18.2 Å². The fraction of sp³-hybridized carbons (Fsp3) is 0.333. The van der Waals surface area contributed by atoms with Crippen LogP contribution in [0.2, 0.25) is 0 Å². The van der Waals surface area contributed by atoms with E-state index in [1.54, 1.807) is 11.3 Å². The maximum Gasteiger partial charge on any atom is 0.261 e. The molecule has 2 aromatic heterocycles. The Morgan fingerprint density at radius 1 is 1.16 bits per heavy atom. The Bertz CT molecular complexity index is 954. The molecule has 1 aromatic carbocycles. The van der Waals surface area contributed by atoms with Crippen LogP contribution in [0.5, 0.6) is 0 Å². The SMILES string of the molecule is NC(=O)C1(CNC(=O)c2cc3sc4ccccc4c3s2)CCOCC1. The predicted octanol–water partition coefficient (Wildman–Crippen LogP) is 3.13. The number of amides is 2. The molecule has 3 aromatic rings. The van der Waals surface area contributed by atoms with Crippen LogP contribution in [0.4, 0.5) is 0 Å². The third kappa shape index (κ3) is 2.92. The first kappa shape index (κ1) is 16.5. The first-order valence-electron chi connectivity index (χ1n) is 8.16. The molecule has 4 rings (SSSR count). The number of nitrogens with one attached hydrogen (secondary N) is 1. The fourth-order valence-electron chi connectivity index (χ4n) is 3.22. The Kier molecular flexibility index (Phi) is 4.23. The minimum atomic E-state index is -0.699. The first-order valence-corrected chi connectivity index (χ1v) is 9.79. The van der Waals surface area contributed by atoms with Crippen LogP contribution in [0, 0.1) is 5.41 Å². The monoisotopic (exact) mass is 374 g/mol. The predicted molar refractivity (Wildman–Crippen MR) is 101 cm³/mol. The standard InChI is InChI=1S/C18H18N2O3S2/c19-17(22)18(5-7-23-8-6-18)10-20-16(21)14-9-13-15(25-14)11-3-1-2-4-12(11)24-13/h1-4,9H,5-8,10H2,(H2,19,22)(H,20,21). The van der Waals surface area contributed by atoms with Gasteiger partial charge in [0.15, 0.2) is 0 Å². The average molecular weight is 374 g/mol. The van der Waals surface area contributed by atoms with Crippen LogP contribution >= 0.6 is 22.7 Å². The van der Waals surface area contributed by atoms with E-state index in [4.69, 9.17) is 10.5 Å². The van der Waals surface area contributed by atoms with Crippen LogP contribution in [0.25, 0.3) is 19.5 Å². The highest BCUT2D eigenvalue weighted by molar-refractivity contribution is 7.33. The quantitative estimate of drug-likeness (QED) is 0.736. The van der Waals surface area contributed by atoms with Gasteiger partial charge in [0.1, 0.15) is 0 Å². The second kappa shape index (κ2) is 6.40. The number of hydrogen-bond acceptors (Lipinski definition) is 5. The summed E-state index contributed by atoms with van der Waals surface area (Å²) >= 11 is 3.18. The average Bonchev–Trinajstić information content (AvgIpc) is 3.18. The van der Waals surface area contributed by atoms with Crippen molar-refractivity contribution in [1.82, 2.24) is 5.32 Å². The lowest BCUT2D eigenvalue weighted by Gasteiger charge is -2.34. The van der Waals surface area contributed by atoms with Crippen molar-refractivity contribution in [2.45, 2.75) is 12.8 Å².